The maximum absolute atomic E-state index is 12.4. The van der Waals surface area contributed by atoms with E-state index in [1.807, 2.05) is 6.07 Å². The van der Waals surface area contributed by atoms with Crippen LogP contribution in [0.2, 0.25) is 10.0 Å². The van der Waals surface area contributed by atoms with E-state index in [9.17, 15) is 20.2 Å². The Kier molecular flexibility index (Phi) is 5.39. The van der Waals surface area contributed by atoms with Gasteiger partial charge in [0.1, 0.15) is 6.04 Å². The Labute approximate surface area is 147 Å². The standard InChI is InChI=1S/C16H11Cl2N3O3/c1-9-7-10(21(23)24)5-6-11(9)16(22)20-14(8-19)12-3-2-4-13(17)15(12)18/h2-7,14H,1H3,(H,20,22). The lowest BCUT2D eigenvalue weighted by Crippen LogP contribution is -2.28. The molecule has 0 aliphatic rings. The number of nitriles is 1. The van der Waals surface area contributed by atoms with Crippen molar-refractivity contribution in [2.45, 2.75) is 13.0 Å². The number of aryl methyl sites for hydroxylation is 1. The second-order valence-electron chi connectivity index (χ2n) is 4.93. The van der Waals surface area contributed by atoms with Gasteiger partial charge >= 0.3 is 0 Å². The summed E-state index contributed by atoms with van der Waals surface area (Å²) >= 11 is 12.0. The zero-order valence-electron chi connectivity index (χ0n) is 12.4. The van der Waals surface area contributed by atoms with Gasteiger partial charge in [0, 0.05) is 23.3 Å². The second kappa shape index (κ2) is 7.30. The minimum absolute atomic E-state index is 0.112. The molecular weight excluding hydrogens is 353 g/mol. The van der Waals surface area contributed by atoms with Crippen LogP contribution in [0.1, 0.15) is 27.5 Å². The van der Waals surface area contributed by atoms with E-state index in [-0.39, 0.29) is 21.3 Å². The first-order valence-electron chi connectivity index (χ1n) is 6.74. The Balaban J connectivity index is 2.29. The zero-order chi connectivity index (χ0) is 17.9. The van der Waals surface area contributed by atoms with Gasteiger partial charge in [0.15, 0.2) is 0 Å². The van der Waals surface area contributed by atoms with Crippen LogP contribution in [0.5, 0.6) is 0 Å². The molecule has 6 nitrogen and oxygen atoms in total. The number of carbonyl (C=O) groups is 1. The van der Waals surface area contributed by atoms with Crippen molar-refractivity contribution in [3.05, 3.63) is 73.2 Å². The van der Waals surface area contributed by atoms with Crippen molar-refractivity contribution in [1.82, 2.24) is 5.32 Å². The fourth-order valence-electron chi connectivity index (χ4n) is 2.15. The number of halogens is 2. The molecule has 1 atom stereocenters. The smallest absolute Gasteiger partial charge is 0.269 e. The van der Waals surface area contributed by atoms with Crippen LogP contribution in [0.15, 0.2) is 36.4 Å². The summed E-state index contributed by atoms with van der Waals surface area (Å²) in [6, 6.07) is 9.61. The molecule has 122 valence electrons. The highest BCUT2D eigenvalue weighted by Crippen LogP contribution is 2.30. The van der Waals surface area contributed by atoms with Crippen LogP contribution in [0.25, 0.3) is 0 Å². The molecule has 0 saturated carbocycles. The monoisotopic (exact) mass is 363 g/mol. The Bertz CT molecular complexity index is 862. The molecule has 1 unspecified atom stereocenters. The Hall–Kier alpha value is -2.62. The highest BCUT2D eigenvalue weighted by atomic mass is 35.5. The van der Waals surface area contributed by atoms with Crippen LogP contribution in [-0.4, -0.2) is 10.8 Å². The second-order valence-corrected chi connectivity index (χ2v) is 5.72. The number of nitro groups is 1. The molecule has 2 rings (SSSR count). The van der Waals surface area contributed by atoms with Crippen LogP contribution >= 0.6 is 23.2 Å². The topological polar surface area (TPSA) is 96.0 Å². The molecule has 0 spiro atoms. The molecule has 24 heavy (non-hydrogen) atoms. The molecule has 8 heteroatoms. The van der Waals surface area contributed by atoms with Gasteiger partial charge < -0.3 is 5.32 Å². The lowest BCUT2D eigenvalue weighted by Gasteiger charge is -2.15. The Morgan fingerprint density at radius 2 is 2.04 bits per heavy atom. The third-order valence-electron chi connectivity index (χ3n) is 3.36. The highest BCUT2D eigenvalue weighted by molar-refractivity contribution is 6.42. The van der Waals surface area contributed by atoms with E-state index in [0.29, 0.717) is 11.1 Å². The number of nitro benzene ring substituents is 1. The van der Waals surface area contributed by atoms with Gasteiger partial charge in [-0.25, -0.2) is 0 Å². The van der Waals surface area contributed by atoms with Crippen molar-refractivity contribution in [3.63, 3.8) is 0 Å². The minimum Gasteiger partial charge on any atom is -0.332 e. The molecule has 0 bridgehead atoms. The average molecular weight is 364 g/mol. The molecule has 1 N–H and O–H groups in total. The van der Waals surface area contributed by atoms with Crippen molar-refractivity contribution in [2.75, 3.05) is 0 Å². The van der Waals surface area contributed by atoms with E-state index in [1.165, 1.54) is 18.2 Å². The minimum atomic E-state index is -1.00. The van der Waals surface area contributed by atoms with Crippen LogP contribution in [0.4, 0.5) is 5.69 Å². The normalized spacial score (nSPS) is 11.4. The van der Waals surface area contributed by atoms with Crippen molar-refractivity contribution >= 4 is 34.8 Å². The summed E-state index contributed by atoms with van der Waals surface area (Å²) in [5, 5.41) is 23.1. The van der Waals surface area contributed by atoms with Crippen LogP contribution in [0.3, 0.4) is 0 Å². The maximum Gasteiger partial charge on any atom is 0.269 e. The fraction of sp³-hybridized carbons (Fsp3) is 0.125. The average Bonchev–Trinajstić information content (AvgIpc) is 2.55. The maximum atomic E-state index is 12.4. The van der Waals surface area contributed by atoms with E-state index < -0.39 is 16.9 Å². The summed E-state index contributed by atoms with van der Waals surface area (Å²) in [6.07, 6.45) is 0. The summed E-state index contributed by atoms with van der Waals surface area (Å²) in [5.41, 5.74) is 0.924. The predicted molar refractivity (Wildman–Crippen MR) is 90.1 cm³/mol. The molecule has 1 amide bonds. The summed E-state index contributed by atoms with van der Waals surface area (Å²) in [6.45, 7) is 1.58. The number of hydrogen-bond acceptors (Lipinski definition) is 4. The first kappa shape index (κ1) is 17.7. The predicted octanol–water partition coefficient (Wildman–Crippen LogP) is 4.20. The highest BCUT2D eigenvalue weighted by Gasteiger charge is 2.20. The molecule has 0 fully saturated rings. The lowest BCUT2D eigenvalue weighted by molar-refractivity contribution is -0.384. The van der Waals surface area contributed by atoms with Crippen LogP contribution in [-0.2, 0) is 0 Å². The van der Waals surface area contributed by atoms with E-state index >= 15 is 0 Å². The fourth-order valence-corrected chi connectivity index (χ4v) is 2.56. The van der Waals surface area contributed by atoms with E-state index in [4.69, 9.17) is 23.2 Å². The Morgan fingerprint density at radius 1 is 1.33 bits per heavy atom. The molecule has 0 aliphatic carbocycles. The van der Waals surface area contributed by atoms with Gasteiger partial charge in [0.05, 0.1) is 21.0 Å². The molecule has 0 saturated heterocycles. The number of hydrogen-bond donors (Lipinski definition) is 1. The molecular formula is C16H11Cl2N3O3. The number of nitrogens with one attached hydrogen (secondary N) is 1. The first-order chi connectivity index (χ1) is 11.3. The molecule has 2 aromatic rings. The van der Waals surface area contributed by atoms with Gasteiger partial charge in [0.25, 0.3) is 11.6 Å². The molecule has 2 aromatic carbocycles. The summed E-state index contributed by atoms with van der Waals surface area (Å²) in [4.78, 5) is 22.6. The molecule has 0 heterocycles. The van der Waals surface area contributed by atoms with Crippen LogP contribution in [0, 0.1) is 28.4 Å². The molecule has 0 aromatic heterocycles. The summed E-state index contributed by atoms with van der Waals surface area (Å²) < 4.78 is 0. The SMILES string of the molecule is Cc1cc([N+](=O)[O-])ccc1C(=O)NC(C#N)c1cccc(Cl)c1Cl. The van der Waals surface area contributed by atoms with Crippen molar-refractivity contribution < 1.29 is 9.72 Å². The van der Waals surface area contributed by atoms with E-state index in [0.717, 1.165) is 0 Å². The third kappa shape index (κ3) is 3.65. The number of carbonyl (C=O) groups excluding carboxylic acids is 1. The van der Waals surface area contributed by atoms with Gasteiger partial charge in [-0.2, -0.15) is 5.26 Å². The van der Waals surface area contributed by atoms with Gasteiger partial charge in [-0.05, 0) is 24.6 Å². The van der Waals surface area contributed by atoms with Gasteiger partial charge in [-0.15, -0.1) is 0 Å². The van der Waals surface area contributed by atoms with Crippen molar-refractivity contribution in [3.8, 4) is 6.07 Å². The third-order valence-corrected chi connectivity index (χ3v) is 4.20. The first-order valence-corrected chi connectivity index (χ1v) is 7.50. The number of non-ortho nitro benzene ring substituents is 1. The van der Waals surface area contributed by atoms with Gasteiger partial charge in [-0.3, -0.25) is 14.9 Å². The van der Waals surface area contributed by atoms with Crippen LogP contribution < -0.4 is 5.32 Å². The van der Waals surface area contributed by atoms with E-state index in [2.05, 4.69) is 5.32 Å². The number of nitrogens with zero attached hydrogens (tertiary/aromatic N) is 2. The molecule has 0 aliphatic heterocycles. The summed E-state index contributed by atoms with van der Waals surface area (Å²) in [7, 11) is 0. The zero-order valence-corrected chi connectivity index (χ0v) is 13.9. The summed E-state index contributed by atoms with van der Waals surface area (Å²) in [5.74, 6) is -0.537. The number of rotatable bonds is 4. The van der Waals surface area contributed by atoms with E-state index in [1.54, 1.807) is 25.1 Å². The largest absolute Gasteiger partial charge is 0.332 e. The van der Waals surface area contributed by atoms with Gasteiger partial charge in [-0.1, -0.05) is 35.3 Å². The molecule has 0 radical (unpaired) electrons. The van der Waals surface area contributed by atoms with Crippen molar-refractivity contribution in [1.29, 1.82) is 5.26 Å². The number of benzene rings is 2. The van der Waals surface area contributed by atoms with Gasteiger partial charge in [0.2, 0.25) is 0 Å². The Morgan fingerprint density at radius 3 is 2.62 bits per heavy atom. The number of amides is 1. The quantitative estimate of drug-likeness (QED) is 0.649. The lowest BCUT2D eigenvalue weighted by atomic mass is 10.0. The van der Waals surface area contributed by atoms with Crippen molar-refractivity contribution in [2.24, 2.45) is 0 Å².